The van der Waals surface area contributed by atoms with Crippen molar-refractivity contribution in [3.05, 3.63) is 113 Å². The molecule has 1 aromatic heterocycles. The van der Waals surface area contributed by atoms with E-state index in [0.29, 0.717) is 24.6 Å². The van der Waals surface area contributed by atoms with Gasteiger partial charge in [0.15, 0.2) is 0 Å². The molecule has 0 fully saturated rings. The van der Waals surface area contributed by atoms with Crippen molar-refractivity contribution in [3.63, 3.8) is 0 Å². The lowest BCUT2D eigenvalue weighted by molar-refractivity contribution is -0.140. The van der Waals surface area contributed by atoms with Gasteiger partial charge in [0.2, 0.25) is 5.91 Å². The Labute approximate surface area is 252 Å². The van der Waals surface area contributed by atoms with Crippen LogP contribution < -0.4 is 10.5 Å². The normalized spacial score (nSPS) is 12.0. The van der Waals surface area contributed by atoms with E-state index in [0.717, 1.165) is 26.6 Å². The van der Waals surface area contributed by atoms with E-state index in [1.807, 2.05) is 30.3 Å². The molecule has 1 unspecified atom stereocenters. The van der Waals surface area contributed by atoms with Crippen LogP contribution in [-0.4, -0.2) is 28.4 Å². The summed E-state index contributed by atoms with van der Waals surface area (Å²) in [5.41, 5.74) is 9.94. The summed E-state index contributed by atoms with van der Waals surface area (Å²) in [6.07, 6.45) is 4.82. The number of carboxylic acid groups (broad SMARTS) is 1. The fourth-order valence-electron chi connectivity index (χ4n) is 5.36. The number of amides is 1. The number of primary amides is 1. The summed E-state index contributed by atoms with van der Waals surface area (Å²) in [5, 5.41) is 9.54. The molecule has 42 heavy (non-hydrogen) atoms. The predicted molar refractivity (Wildman–Crippen MR) is 170 cm³/mol. The van der Waals surface area contributed by atoms with Gasteiger partial charge in [-0.25, -0.2) is 0 Å². The van der Waals surface area contributed by atoms with E-state index in [9.17, 15) is 14.7 Å². The lowest BCUT2D eigenvalue weighted by Crippen LogP contribution is -2.40. The molecule has 0 aliphatic carbocycles. The van der Waals surface area contributed by atoms with E-state index in [1.54, 1.807) is 28.4 Å². The summed E-state index contributed by atoms with van der Waals surface area (Å²) in [7, 11) is 0. The van der Waals surface area contributed by atoms with E-state index in [4.69, 9.17) is 10.5 Å². The van der Waals surface area contributed by atoms with Crippen LogP contribution >= 0.6 is 11.3 Å². The second kappa shape index (κ2) is 15.3. The number of aliphatic carboxylic acids is 1. The molecule has 3 N–H and O–H groups in total. The van der Waals surface area contributed by atoms with Crippen LogP contribution in [0.5, 0.6) is 5.75 Å². The molecule has 220 valence electrons. The topological polar surface area (TPSA) is 92.9 Å². The van der Waals surface area contributed by atoms with Crippen LogP contribution in [0.15, 0.2) is 91.0 Å². The number of carbonyl (C=O) groups is 2. The average Bonchev–Trinajstić information content (AvgIpc) is 3.45. The minimum Gasteiger partial charge on any atom is -0.489 e. The van der Waals surface area contributed by atoms with Crippen LogP contribution in [-0.2, 0) is 22.7 Å². The highest BCUT2D eigenvalue weighted by Crippen LogP contribution is 2.32. The smallest absolute Gasteiger partial charge is 0.317 e. The van der Waals surface area contributed by atoms with E-state index in [2.05, 4.69) is 62.4 Å². The molecule has 1 amide bonds. The van der Waals surface area contributed by atoms with E-state index in [-0.39, 0.29) is 6.54 Å². The van der Waals surface area contributed by atoms with Gasteiger partial charge in [0.05, 0.1) is 6.54 Å². The number of thiophene rings is 1. The van der Waals surface area contributed by atoms with Gasteiger partial charge in [-0.05, 0) is 65.3 Å². The zero-order valence-electron chi connectivity index (χ0n) is 24.4. The molecule has 6 nitrogen and oxygen atoms in total. The lowest BCUT2D eigenvalue weighted by Gasteiger charge is -2.28. The number of nitrogens with two attached hydrogens (primary N) is 1. The maximum Gasteiger partial charge on any atom is 0.317 e. The first-order valence-electron chi connectivity index (χ1n) is 14.6. The Bertz CT molecular complexity index is 1410. The number of carboxylic acids is 1. The molecule has 0 aliphatic heterocycles. The molecule has 3 aromatic carbocycles. The van der Waals surface area contributed by atoms with Crippen molar-refractivity contribution in [2.24, 2.45) is 5.73 Å². The third-order valence-corrected chi connectivity index (χ3v) is 8.50. The van der Waals surface area contributed by atoms with E-state index >= 15 is 0 Å². The van der Waals surface area contributed by atoms with Gasteiger partial charge in [-0.2, -0.15) is 0 Å². The third kappa shape index (κ3) is 8.54. The van der Waals surface area contributed by atoms with E-state index < -0.39 is 17.9 Å². The van der Waals surface area contributed by atoms with Gasteiger partial charge in [-0.15, -0.1) is 11.3 Å². The van der Waals surface area contributed by atoms with Crippen molar-refractivity contribution in [2.75, 3.05) is 6.54 Å². The SMILES string of the molecule is CCCC(CCC)c1ccc(OCc2ccc(-c3ccc(CN(CC(=O)O)C(C(N)=O)c4ccccc4)s3)cc2)cc1. The quantitative estimate of drug-likeness (QED) is 0.140. The van der Waals surface area contributed by atoms with Gasteiger partial charge in [0, 0.05) is 16.3 Å². The Kier molecular flexibility index (Phi) is 11.3. The van der Waals surface area contributed by atoms with Gasteiger partial charge in [-0.3, -0.25) is 14.5 Å². The Morgan fingerprint density at radius 1 is 0.857 bits per heavy atom. The Hall–Kier alpha value is -3.94. The number of rotatable bonds is 16. The van der Waals surface area contributed by atoms with Gasteiger partial charge in [-0.1, -0.05) is 93.4 Å². The molecule has 4 rings (SSSR count). The van der Waals surface area contributed by atoms with Crippen LogP contribution in [0.2, 0.25) is 0 Å². The molecule has 0 aliphatic rings. The van der Waals surface area contributed by atoms with Crippen molar-refractivity contribution in [3.8, 4) is 16.2 Å². The van der Waals surface area contributed by atoms with Crippen molar-refractivity contribution in [2.45, 2.75) is 64.6 Å². The molecule has 1 heterocycles. The van der Waals surface area contributed by atoms with Gasteiger partial charge >= 0.3 is 5.97 Å². The van der Waals surface area contributed by atoms with Crippen LogP contribution in [0.3, 0.4) is 0 Å². The Morgan fingerprint density at radius 3 is 2.12 bits per heavy atom. The van der Waals surface area contributed by atoms with Crippen LogP contribution in [0, 0.1) is 0 Å². The van der Waals surface area contributed by atoms with Crippen LogP contribution in [0.1, 0.15) is 73.1 Å². The fraction of sp³-hybridized carbons (Fsp3) is 0.314. The molecule has 0 bridgehead atoms. The number of nitrogens with zero attached hydrogens (tertiary/aromatic N) is 1. The Balaban J connectivity index is 1.39. The molecular formula is C35H40N2O4S. The maximum absolute atomic E-state index is 12.4. The number of ether oxygens (including phenoxy) is 1. The summed E-state index contributed by atoms with van der Waals surface area (Å²) in [4.78, 5) is 27.7. The summed E-state index contributed by atoms with van der Waals surface area (Å²) in [6, 6.07) is 29.1. The third-order valence-electron chi connectivity index (χ3n) is 7.38. The van der Waals surface area contributed by atoms with Crippen molar-refractivity contribution < 1.29 is 19.4 Å². The maximum atomic E-state index is 12.4. The van der Waals surface area contributed by atoms with Crippen molar-refractivity contribution in [1.29, 1.82) is 0 Å². The minimum atomic E-state index is -1.01. The predicted octanol–water partition coefficient (Wildman–Crippen LogP) is 7.79. The zero-order chi connectivity index (χ0) is 29.9. The van der Waals surface area contributed by atoms with Gasteiger partial charge in [0.1, 0.15) is 18.4 Å². The standard InChI is InChI=1S/C35H40N2O4S/c1-3-8-26(9-4-2)27-16-18-30(19-17-27)41-24-25-12-14-28(15-13-25)32-21-20-31(42-32)22-37(23-33(38)39)34(35(36)40)29-10-6-5-7-11-29/h5-7,10-21,26,34H,3-4,8-9,22-24H2,1-2H3,(H2,36,40)(H,38,39). The first-order chi connectivity index (χ1) is 20.4. The minimum absolute atomic E-state index is 0.293. The second-order valence-electron chi connectivity index (χ2n) is 10.6. The fourth-order valence-corrected chi connectivity index (χ4v) is 6.40. The largest absolute Gasteiger partial charge is 0.489 e. The molecule has 0 radical (unpaired) electrons. The lowest BCUT2D eigenvalue weighted by atomic mass is 9.90. The highest BCUT2D eigenvalue weighted by Gasteiger charge is 2.28. The van der Waals surface area contributed by atoms with E-state index in [1.165, 1.54) is 31.2 Å². The second-order valence-corrected chi connectivity index (χ2v) is 11.8. The highest BCUT2D eigenvalue weighted by atomic mass is 32.1. The first kappa shape index (κ1) is 31.0. The number of carbonyl (C=O) groups excluding carboxylic acids is 1. The average molecular weight is 585 g/mol. The molecular weight excluding hydrogens is 544 g/mol. The van der Waals surface area contributed by atoms with Crippen molar-refractivity contribution >= 4 is 23.2 Å². The molecule has 0 saturated heterocycles. The van der Waals surface area contributed by atoms with Crippen molar-refractivity contribution in [1.82, 2.24) is 4.90 Å². The first-order valence-corrected chi connectivity index (χ1v) is 15.4. The highest BCUT2D eigenvalue weighted by molar-refractivity contribution is 7.15. The molecule has 7 heteroatoms. The van der Waals surface area contributed by atoms with Gasteiger partial charge in [0.25, 0.3) is 0 Å². The molecule has 4 aromatic rings. The summed E-state index contributed by atoms with van der Waals surface area (Å²) >= 11 is 1.57. The summed E-state index contributed by atoms with van der Waals surface area (Å²) in [5.74, 6) is -0.105. The monoisotopic (exact) mass is 584 g/mol. The number of hydrogen-bond acceptors (Lipinski definition) is 5. The number of hydrogen-bond donors (Lipinski definition) is 2. The Morgan fingerprint density at radius 2 is 1.52 bits per heavy atom. The summed E-state index contributed by atoms with van der Waals surface area (Å²) in [6.45, 7) is 4.97. The number of benzene rings is 3. The van der Waals surface area contributed by atoms with Crippen LogP contribution in [0.25, 0.3) is 10.4 Å². The molecule has 1 atom stereocenters. The molecule has 0 saturated carbocycles. The molecule has 0 spiro atoms. The van der Waals surface area contributed by atoms with Gasteiger partial charge < -0.3 is 15.6 Å². The zero-order valence-corrected chi connectivity index (χ0v) is 25.2. The summed E-state index contributed by atoms with van der Waals surface area (Å²) < 4.78 is 6.06. The van der Waals surface area contributed by atoms with Crippen LogP contribution in [0.4, 0.5) is 0 Å².